The summed E-state index contributed by atoms with van der Waals surface area (Å²) in [5.41, 5.74) is -1.74. The van der Waals surface area contributed by atoms with Gasteiger partial charge in [0.2, 0.25) is 0 Å². The van der Waals surface area contributed by atoms with E-state index in [-0.39, 0.29) is 5.92 Å². The summed E-state index contributed by atoms with van der Waals surface area (Å²) in [6.07, 6.45) is -3.54. The molecule has 6 atom stereocenters. The van der Waals surface area contributed by atoms with Crippen LogP contribution in [0, 0.1) is 23.2 Å². The minimum Gasteiger partial charge on any atom is -0.427 e. The maximum Gasteiger partial charge on any atom is 0.509 e. The van der Waals surface area contributed by atoms with Crippen molar-refractivity contribution in [2.24, 2.45) is 23.2 Å². The summed E-state index contributed by atoms with van der Waals surface area (Å²) in [6, 6.07) is 0. The molecular weight excluding hydrogens is 225 g/mol. The molecule has 16 heavy (non-hydrogen) atoms. The van der Waals surface area contributed by atoms with Crippen molar-refractivity contribution in [2.45, 2.75) is 18.4 Å². The van der Waals surface area contributed by atoms with Crippen molar-refractivity contribution in [3.05, 3.63) is 12.2 Å². The van der Waals surface area contributed by atoms with Gasteiger partial charge in [-0.05, 0) is 5.92 Å². The van der Waals surface area contributed by atoms with E-state index in [1.165, 1.54) is 12.2 Å². The second kappa shape index (κ2) is 2.10. The molecular formula is C10H7F3O3. The molecule has 2 saturated carbocycles. The van der Waals surface area contributed by atoms with Gasteiger partial charge in [-0.15, -0.1) is 0 Å². The summed E-state index contributed by atoms with van der Waals surface area (Å²) < 4.78 is 48.6. The van der Waals surface area contributed by atoms with Crippen LogP contribution in [-0.2, 0) is 9.47 Å². The van der Waals surface area contributed by atoms with Crippen LogP contribution in [0.15, 0.2) is 12.2 Å². The number of halogens is 3. The number of ether oxygens (including phenoxy) is 2. The number of carbonyl (C=O) groups is 1. The SMILES string of the molecule is O=C1O[C@@H]2[C@@H]3C=CC4(C(F)(F)F)C([C@H]34)[C@@H]2O1. The Hall–Kier alpha value is -1.20. The van der Waals surface area contributed by atoms with Crippen molar-refractivity contribution < 1.29 is 27.4 Å². The van der Waals surface area contributed by atoms with Crippen LogP contribution in [0.4, 0.5) is 18.0 Å². The second-order valence-electron chi connectivity index (χ2n) is 4.83. The van der Waals surface area contributed by atoms with Gasteiger partial charge in [-0.3, -0.25) is 0 Å². The topological polar surface area (TPSA) is 35.5 Å². The molecule has 4 rings (SSSR count). The van der Waals surface area contributed by atoms with Gasteiger partial charge in [0.15, 0.2) is 0 Å². The van der Waals surface area contributed by atoms with Gasteiger partial charge in [0.25, 0.3) is 0 Å². The molecule has 86 valence electrons. The normalized spacial score (nSPS) is 55.7. The Morgan fingerprint density at radius 2 is 1.88 bits per heavy atom. The molecule has 0 aromatic carbocycles. The fourth-order valence-corrected chi connectivity index (χ4v) is 3.86. The zero-order valence-electron chi connectivity index (χ0n) is 7.90. The van der Waals surface area contributed by atoms with Gasteiger partial charge in [0, 0.05) is 11.8 Å². The minimum atomic E-state index is -4.26. The molecule has 0 aromatic heterocycles. The van der Waals surface area contributed by atoms with Gasteiger partial charge in [0.05, 0.1) is 5.41 Å². The maximum absolute atomic E-state index is 13.0. The van der Waals surface area contributed by atoms with Crippen LogP contribution >= 0.6 is 0 Å². The lowest BCUT2D eigenvalue weighted by Crippen LogP contribution is -2.35. The predicted molar refractivity (Wildman–Crippen MR) is 43.2 cm³/mol. The molecule has 4 aliphatic rings. The first-order chi connectivity index (χ1) is 7.47. The van der Waals surface area contributed by atoms with Gasteiger partial charge in [0.1, 0.15) is 12.2 Å². The lowest BCUT2D eigenvalue weighted by atomic mass is 9.93. The molecule has 2 unspecified atom stereocenters. The van der Waals surface area contributed by atoms with Crippen LogP contribution in [0.25, 0.3) is 0 Å². The Morgan fingerprint density at radius 3 is 2.56 bits per heavy atom. The highest BCUT2D eigenvalue weighted by Crippen LogP contribution is 2.80. The molecule has 0 aromatic rings. The van der Waals surface area contributed by atoms with Crippen LogP contribution in [0.5, 0.6) is 0 Å². The van der Waals surface area contributed by atoms with E-state index in [1.807, 2.05) is 0 Å². The summed E-state index contributed by atoms with van der Waals surface area (Å²) in [5, 5.41) is 0. The number of hydrogen-bond donors (Lipinski definition) is 0. The first-order valence-electron chi connectivity index (χ1n) is 5.10. The Labute approximate surface area is 88.2 Å². The number of allylic oxidation sites excluding steroid dienone is 1. The Kier molecular flexibility index (Phi) is 1.17. The van der Waals surface area contributed by atoms with Gasteiger partial charge in [-0.25, -0.2) is 4.79 Å². The van der Waals surface area contributed by atoms with Gasteiger partial charge in [-0.2, -0.15) is 13.2 Å². The second-order valence-corrected chi connectivity index (χ2v) is 4.83. The smallest absolute Gasteiger partial charge is 0.427 e. The van der Waals surface area contributed by atoms with E-state index in [1.54, 1.807) is 0 Å². The molecule has 0 spiro atoms. The molecule has 0 radical (unpaired) electrons. The average molecular weight is 232 g/mol. The van der Waals surface area contributed by atoms with Crippen molar-refractivity contribution >= 4 is 6.16 Å². The van der Waals surface area contributed by atoms with Crippen molar-refractivity contribution in [3.8, 4) is 0 Å². The molecule has 1 heterocycles. The van der Waals surface area contributed by atoms with Gasteiger partial charge < -0.3 is 9.47 Å². The maximum atomic E-state index is 13.0. The third-order valence-electron chi connectivity index (χ3n) is 4.40. The number of fused-ring (bicyclic) bond motifs is 4. The quantitative estimate of drug-likeness (QED) is 0.472. The van der Waals surface area contributed by atoms with Crippen LogP contribution in [-0.4, -0.2) is 24.5 Å². The van der Waals surface area contributed by atoms with E-state index in [9.17, 15) is 18.0 Å². The zero-order valence-corrected chi connectivity index (χ0v) is 7.90. The van der Waals surface area contributed by atoms with Crippen molar-refractivity contribution in [2.75, 3.05) is 0 Å². The highest BCUT2D eigenvalue weighted by molar-refractivity contribution is 5.64. The van der Waals surface area contributed by atoms with E-state index in [2.05, 4.69) is 0 Å². The standard InChI is InChI=1S/C10H7F3O3/c11-10(12,13)9-2-1-3-4(9)5(9)7-6(3)15-8(14)16-7/h1-7H/t3-,4+,5?,6-,7+,9?/m1/s1. The summed E-state index contributed by atoms with van der Waals surface area (Å²) in [6.45, 7) is 0. The summed E-state index contributed by atoms with van der Waals surface area (Å²) in [7, 11) is 0. The first kappa shape index (κ1) is 8.90. The van der Waals surface area contributed by atoms with E-state index in [0.29, 0.717) is 0 Å². The van der Waals surface area contributed by atoms with E-state index in [0.717, 1.165) is 0 Å². The van der Waals surface area contributed by atoms with Crippen LogP contribution in [0.2, 0.25) is 0 Å². The molecule has 3 aliphatic carbocycles. The number of carbonyl (C=O) groups excluding carboxylic acids is 1. The van der Waals surface area contributed by atoms with Gasteiger partial charge >= 0.3 is 12.3 Å². The lowest BCUT2D eigenvalue weighted by molar-refractivity contribution is -0.186. The molecule has 6 heteroatoms. The summed E-state index contributed by atoms with van der Waals surface area (Å²) >= 11 is 0. The Balaban J connectivity index is 1.77. The molecule has 1 saturated heterocycles. The number of rotatable bonds is 0. The van der Waals surface area contributed by atoms with Crippen molar-refractivity contribution in [1.82, 2.24) is 0 Å². The molecule has 0 bridgehead atoms. The van der Waals surface area contributed by atoms with Crippen molar-refractivity contribution in [1.29, 1.82) is 0 Å². The third kappa shape index (κ3) is 0.664. The molecule has 1 aliphatic heterocycles. The molecule has 0 N–H and O–H groups in total. The average Bonchev–Trinajstić information content (AvgIpc) is 2.48. The van der Waals surface area contributed by atoms with Crippen LogP contribution in [0.1, 0.15) is 0 Å². The van der Waals surface area contributed by atoms with Gasteiger partial charge in [-0.1, -0.05) is 12.2 Å². The van der Waals surface area contributed by atoms with E-state index < -0.39 is 41.8 Å². The Bertz CT molecular complexity index is 430. The lowest BCUT2D eigenvalue weighted by Gasteiger charge is -2.22. The highest BCUT2D eigenvalue weighted by Gasteiger charge is 2.88. The molecule has 3 nitrogen and oxygen atoms in total. The van der Waals surface area contributed by atoms with E-state index in [4.69, 9.17) is 9.47 Å². The summed E-state index contributed by atoms with van der Waals surface area (Å²) in [5.74, 6) is -1.42. The Morgan fingerprint density at radius 1 is 1.19 bits per heavy atom. The largest absolute Gasteiger partial charge is 0.509 e. The first-order valence-corrected chi connectivity index (χ1v) is 5.10. The van der Waals surface area contributed by atoms with Crippen LogP contribution < -0.4 is 0 Å². The van der Waals surface area contributed by atoms with Crippen LogP contribution in [0.3, 0.4) is 0 Å². The zero-order chi connectivity index (χ0) is 11.3. The van der Waals surface area contributed by atoms with Crippen molar-refractivity contribution in [3.63, 3.8) is 0 Å². The fraction of sp³-hybridized carbons (Fsp3) is 0.700. The fourth-order valence-electron chi connectivity index (χ4n) is 3.86. The number of alkyl halides is 3. The third-order valence-corrected chi connectivity index (χ3v) is 4.40. The number of hydrogen-bond acceptors (Lipinski definition) is 3. The monoisotopic (exact) mass is 232 g/mol. The molecule has 0 amide bonds. The highest BCUT2D eigenvalue weighted by atomic mass is 19.4. The van der Waals surface area contributed by atoms with E-state index >= 15 is 0 Å². The predicted octanol–water partition coefficient (Wildman–Crippen LogP) is 1.88. The minimum absolute atomic E-state index is 0.317. The summed E-state index contributed by atoms with van der Waals surface area (Å²) in [4.78, 5) is 10.9. The molecule has 3 fully saturated rings.